The molecule has 2 aromatic rings. The molecule has 1 aromatic heterocycles. The molecule has 0 fully saturated rings. The first-order valence-electron chi connectivity index (χ1n) is 9.01. The van der Waals surface area contributed by atoms with Crippen molar-refractivity contribution in [2.24, 2.45) is 5.92 Å². The fourth-order valence-corrected chi connectivity index (χ4v) is 2.88. The van der Waals surface area contributed by atoms with E-state index >= 15 is 0 Å². The van der Waals surface area contributed by atoms with Crippen molar-refractivity contribution in [3.8, 4) is 16.9 Å². The molecule has 0 bridgehead atoms. The summed E-state index contributed by atoms with van der Waals surface area (Å²) in [4.78, 5) is 25.7. The molecule has 156 valence electrons. The minimum Gasteiger partial charge on any atom is -0.490 e. The lowest BCUT2D eigenvalue weighted by molar-refractivity contribution is -0.114. The van der Waals surface area contributed by atoms with Crippen LogP contribution in [0.25, 0.3) is 11.1 Å². The van der Waals surface area contributed by atoms with Crippen LogP contribution in [-0.4, -0.2) is 34.7 Å². The average molecular weight is 407 g/mol. The lowest BCUT2D eigenvalue weighted by Crippen LogP contribution is -2.33. The van der Waals surface area contributed by atoms with Gasteiger partial charge in [0.05, 0.1) is 6.61 Å². The van der Waals surface area contributed by atoms with E-state index in [0.29, 0.717) is 12.0 Å². The summed E-state index contributed by atoms with van der Waals surface area (Å²) in [6.45, 7) is 4.95. The van der Waals surface area contributed by atoms with Crippen LogP contribution in [0.5, 0.6) is 5.75 Å². The summed E-state index contributed by atoms with van der Waals surface area (Å²) in [5.41, 5.74) is 0.366. The largest absolute Gasteiger partial charge is 0.490 e. The van der Waals surface area contributed by atoms with Gasteiger partial charge in [0.2, 0.25) is 5.91 Å². The number of nitrogens with zero attached hydrogens (tertiary/aromatic N) is 1. The highest BCUT2D eigenvalue weighted by Gasteiger charge is 2.16. The Kier molecular flexibility index (Phi) is 7.46. The molecule has 2 rings (SSSR count). The van der Waals surface area contributed by atoms with Gasteiger partial charge in [-0.1, -0.05) is 6.92 Å². The van der Waals surface area contributed by atoms with Crippen LogP contribution in [0.15, 0.2) is 30.5 Å². The summed E-state index contributed by atoms with van der Waals surface area (Å²) >= 11 is 0. The van der Waals surface area contributed by atoms with Gasteiger partial charge in [0.15, 0.2) is 11.6 Å². The first kappa shape index (κ1) is 22.1. The van der Waals surface area contributed by atoms with Gasteiger partial charge >= 0.3 is 6.09 Å². The van der Waals surface area contributed by atoms with Gasteiger partial charge in [-0.3, -0.25) is 4.79 Å². The Hall–Kier alpha value is -3.23. The number of hydrogen-bond donors (Lipinski definition) is 3. The summed E-state index contributed by atoms with van der Waals surface area (Å²) in [7, 11) is 0. The maximum Gasteiger partial charge on any atom is 0.404 e. The molecule has 7 nitrogen and oxygen atoms in total. The monoisotopic (exact) mass is 407 g/mol. The molecule has 0 aliphatic rings. The van der Waals surface area contributed by atoms with E-state index < -0.39 is 17.7 Å². The van der Waals surface area contributed by atoms with Crippen molar-refractivity contribution in [1.29, 1.82) is 0 Å². The van der Waals surface area contributed by atoms with Gasteiger partial charge in [-0.05, 0) is 43.0 Å². The Labute approximate surface area is 167 Å². The Bertz CT molecular complexity index is 892. The number of aromatic nitrogens is 1. The fourth-order valence-electron chi connectivity index (χ4n) is 2.88. The van der Waals surface area contributed by atoms with Gasteiger partial charge in [0, 0.05) is 30.8 Å². The highest BCUT2D eigenvalue weighted by atomic mass is 19.1. The Balaban J connectivity index is 2.09. The van der Waals surface area contributed by atoms with Crippen LogP contribution in [0.4, 0.5) is 19.4 Å². The van der Waals surface area contributed by atoms with Crippen LogP contribution in [0.1, 0.15) is 27.2 Å². The van der Waals surface area contributed by atoms with E-state index in [4.69, 9.17) is 9.84 Å². The predicted octanol–water partition coefficient (Wildman–Crippen LogP) is 4.05. The number of ether oxygens (including phenoxy) is 1. The third kappa shape index (κ3) is 6.70. The second-order valence-corrected chi connectivity index (χ2v) is 6.88. The van der Waals surface area contributed by atoms with Crippen molar-refractivity contribution in [2.75, 3.05) is 11.9 Å². The minimum atomic E-state index is -1.12. The van der Waals surface area contributed by atoms with Crippen molar-refractivity contribution >= 4 is 17.8 Å². The first-order valence-corrected chi connectivity index (χ1v) is 9.01. The zero-order valence-electron chi connectivity index (χ0n) is 16.3. The summed E-state index contributed by atoms with van der Waals surface area (Å²) in [5, 5.41) is 13.5. The van der Waals surface area contributed by atoms with Crippen LogP contribution in [-0.2, 0) is 4.79 Å². The van der Waals surface area contributed by atoms with Crippen LogP contribution in [0.3, 0.4) is 0 Å². The Morgan fingerprint density at radius 3 is 2.59 bits per heavy atom. The molecular weight excluding hydrogens is 384 g/mol. The summed E-state index contributed by atoms with van der Waals surface area (Å²) in [6.07, 6.45) is 0.750. The maximum atomic E-state index is 14.6. The number of halogens is 2. The molecule has 2 amide bonds. The average Bonchev–Trinajstić information content (AvgIpc) is 2.61. The quantitative estimate of drug-likeness (QED) is 0.613. The lowest BCUT2D eigenvalue weighted by Gasteiger charge is -2.18. The zero-order chi connectivity index (χ0) is 21.6. The number of pyridine rings is 1. The molecule has 0 aliphatic heterocycles. The molecule has 1 heterocycles. The Morgan fingerprint density at radius 1 is 1.21 bits per heavy atom. The molecule has 0 aliphatic carbocycles. The molecule has 2 unspecified atom stereocenters. The highest BCUT2D eigenvalue weighted by Crippen LogP contribution is 2.30. The summed E-state index contributed by atoms with van der Waals surface area (Å²) in [5.74, 6) is -1.83. The standard InChI is InChI=1S/C20H23F2N3O4/c1-11(6-12(2)24-20(27)28)10-29-18-9-16(21)15(8-17(18)22)14-4-5-23-19(7-14)25-13(3)26/h4-5,7-9,11-12,24H,6,10H2,1-3H3,(H,27,28)(H,23,25,26). The van der Waals surface area contributed by atoms with Crippen LogP contribution in [0, 0.1) is 17.6 Å². The topological polar surface area (TPSA) is 101 Å². The predicted molar refractivity (Wildman–Crippen MR) is 104 cm³/mol. The molecule has 0 spiro atoms. The van der Waals surface area contributed by atoms with E-state index in [0.717, 1.165) is 12.1 Å². The van der Waals surface area contributed by atoms with E-state index in [1.54, 1.807) is 6.92 Å². The molecule has 1 aromatic carbocycles. The number of hydrogen-bond acceptors (Lipinski definition) is 4. The number of benzene rings is 1. The van der Waals surface area contributed by atoms with Gasteiger partial charge < -0.3 is 20.5 Å². The number of amides is 2. The normalized spacial score (nSPS) is 12.7. The molecular formula is C20H23F2N3O4. The summed E-state index contributed by atoms with van der Waals surface area (Å²) < 4.78 is 34.4. The number of anilines is 1. The van der Waals surface area contributed by atoms with Crippen molar-refractivity contribution in [1.82, 2.24) is 10.3 Å². The second-order valence-electron chi connectivity index (χ2n) is 6.88. The minimum absolute atomic E-state index is 0.0104. The van der Waals surface area contributed by atoms with Crippen molar-refractivity contribution in [3.63, 3.8) is 0 Å². The van der Waals surface area contributed by atoms with Crippen LogP contribution >= 0.6 is 0 Å². The Morgan fingerprint density at radius 2 is 1.93 bits per heavy atom. The number of carbonyl (C=O) groups excluding carboxylic acids is 1. The molecule has 2 atom stereocenters. The fraction of sp³-hybridized carbons (Fsp3) is 0.350. The van der Waals surface area contributed by atoms with Gasteiger partial charge in [-0.25, -0.2) is 18.6 Å². The van der Waals surface area contributed by atoms with Gasteiger partial charge in [0.25, 0.3) is 0 Å². The van der Waals surface area contributed by atoms with Crippen LogP contribution in [0.2, 0.25) is 0 Å². The highest BCUT2D eigenvalue weighted by molar-refractivity contribution is 5.88. The van der Waals surface area contributed by atoms with Gasteiger partial charge in [-0.15, -0.1) is 0 Å². The number of nitrogens with one attached hydrogen (secondary N) is 2. The molecule has 0 saturated heterocycles. The first-order chi connectivity index (χ1) is 13.7. The third-order valence-corrected chi connectivity index (χ3v) is 4.05. The lowest BCUT2D eigenvalue weighted by atomic mass is 10.0. The number of carboxylic acid groups (broad SMARTS) is 1. The number of carbonyl (C=O) groups is 2. The van der Waals surface area contributed by atoms with Crippen molar-refractivity contribution in [2.45, 2.75) is 33.2 Å². The molecule has 3 N–H and O–H groups in total. The van der Waals surface area contributed by atoms with E-state index in [1.165, 1.54) is 25.3 Å². The van der Waals surface area contributed by atoms with E-state index in [-0.39, 0.29) is 41.6 Å². The third-order valence-electron chi connectivity index (χ3n) is 4.05. The number of rotatable bonds is 8. The molecule has 29 heavy (non-hydrogen) atoms. The molecule has 9 heteroatoms. The van der Waals surface area contributed by atoms with E-state index in [1.807, 2.05) is 6.92 Å². The second kappa shape index (κ2) is 9.81. The molecule has 0 saturated carbocycles. The van der Waals surface area contributed by atoms with Gasteiger partial charge in [-0.2, -0.15) is 0 Å². The SMILES string of the molecule is CC(=O)Nc1cc(-c2cc(F)c(OCC(C)CC(C)NC(=O)O)cc2F)ccn1. The smallest absolute Gasteiger partial charge is 0.404 e. The van der Waals surface area contributed by atoms with E-state index in [2.05, 4.69) is 15.6 Å². The maximum absolute atomic E-state index is 14.6. The summed E-state index contributed by atoms with van der Waals surface area (Å²) in [6, 6.07) is 4.65. The van der Waals surface area contributed by atoms with E-state index in [9.17, 15) is 18.4 Å². The van der Waals surface area contributed by atoms with Crippen molar-refractivity contribution < 1.29 is 28.2 Å². The van der Waals surface area contributed by atoms with Crippen molar-refractivity contribution in [3.05, 3.63) is 42.1 Å². The molecule has 0 radical (unpaired) electrons. The van der Waals surface area contributed by atoms with Gasteiger partial charge in [0.1, 0.15) is 11.6 Å². The zero-order valence-corrected chi connectivity index (χ0v) is 16.3. The van der Waals surface area contributed by atoms with Crippen LogP contribution < -0.4 is 15.4 Å².